The summed E-state index contributed by atoms with van der Waals surface area (Å²) in [5.41, 5.74) is 0.863. The molecule has 2 aromatic rings. The number of rotatable bonds is 2. The van der Waals surface area contributed by atoms with Crippen LogP contribution in [0, 0.1) is 0 Å². The van der Waals surface area contributed by atoms with E-state index in [1.54, 1.807) is 0 Å². The molecule has 84 valence electrons. The highest BCUT2D eigenvalue weighted by atomic mass is 79.9. The molecule has 0 aliphatic carbocycles. The van der Waals surface area contributed by atoms with E-state index in [9.17, 15) is 0 Å². The van der Waals surface area contributed by atoms with E-state index in [0.717, 1.165) is 14.9 Å². The molecule has 0 bridgehead atoms. The van der Waals surface area contributed by atoms with Crippen LogP contribution in [0.1, 0.15) is 15.8 Å². The fourth-order valence-corrected chi connectivity index (χ4v) is 3.66. The minimum Gasteiger partial charge on any atom is -0.145 e. The third-order valence-electron chi connectivity index (χ3n) is 2.11. The van der Waals surface area contributed by atoms with Crippen molar-refractivity contribution < 1.29 is 0 Å². The number of benzene rings is 1. The standard InChI is InChI=1S/C11H6BrCl3S/c12-6-1-2-8(13)7(5-6)10(15)11-9(14)3-4-16-11/h1-5,10H. The SMILES string of the molecule is Clc1ccc(Br)cc1C(Cl)c1sccc1Cl. The molecule has 1 unspecified atom stereocenters. The Balaban J connectivity index is 2.45. The van der Waals surface area contributed by atoms with Crippen molar-refractivity contribution in [3.05, 3.63) is 54.6 Å². The molecule has 0 N–H and O–H groups in total. The molecule has 16 heavy (non-hydrogen) atoms. The number of thiophene rings is 1. The van der Waals surface area contributed by atoms with Crippen LogP contribution in [0.3, 0.4) is 0 Å². The van der Waals surface area contributed by atoms with Crippen molar-refractivity contribution in [2.24, 2.45) is 0 Å². The summed E-state index contributed by atoms with van der Waals surface area (Å²) in [5.74, 6) is 0. The fourth-order valence-electron chi connectivity index (χ4n) is 1.34. The molecule has 0 fully saturated rings. The molecule has 0 saturated heterocycles. The lowest BCUT2D eigenvalue weighted by atomic mass is 10.1. The van der Waals surface area contributed by atoms with Gasteiger partial charge in [-0.1, -0.05) is 39.1 Å². The maximum Gasteiger partial charge on any atom is 0.0957 e. The number of alkyl halides is 1. The van der Waals surface area contributed by atoms with Crippen LogP contribution in [0.25, 0.3) is 0 Å². The highest BCUT2D eigenvalue weighted by molar-refractivity contribution is 9.10. The maximum atomic E-state index is 6.38. The summed E-state index contributed by atoms with van der Waals surface area (Å²) in [4.78, 5) is 0.920. The molecule has 0 radical (unpaired) electrons. The Hall–Kier alpha value is 0.270. The van der Waals surface area contributed by atoms with E-state index >= 15 is 0 Å². The normalized spacial score (nSPS) is 12.8. The van der Waals surface area contributed by atoms with Crippen molar-refractivity contribution in [1.29, 1.82) is 0 Å². The minimum absolute atomic E-state index is 0.308. The molecule has 0 aliphatic heterocycles. The molecule has 1 heterocycles. The van der Waals surface area contributed by atoms with Crippen LogP contribution >= 0.6 is 62.1 Å². The van der Waals surface area contributed by atoms with E-state index < -0.39 is 0 Å². The fraction of sp³-hybridized carbons (Fsp3) is 0.0909. The second kappa shape index (κ2) is 5.28. The van der Waals surface area contributed by atoms with Crippen LogP contribution in [0.5, 0.6) is 0 Å². The predicted octanol–water partition coefficient (Wildman–Crippen LogP) is 6.15. The quantitative estimate of drug-likeness (QED) is 0.567. The molecule has 5 heteroatoms. The predicted molar refractivity (Wildman–Crippen MR) is 76.2 cm³/mol. The summed E-state index contributed by atoms with van der Waals surface area (Å²) in [6, 6.07) is 7.45. The van der Waals surface area contributed by atoms with Crippen molar-refractivity contribution >= 4 is 62.1 Å². The zero-order valence-electron chi connectivity index (χ0n) is 7.88. The van der Waals surface area contributed by atoms with E-state index in [1.165, 1.54) is 11.3 Å². The van der Waals surface area contributed by atoms with Gasteiger partial charge >= 0.3 is 0 Å². The monoisotopic (exact) mass is 354 g/mol. The molecular formula is C11H6BrCl3S. The Morgan fingerprint density at radius 3 is 2.50 bits per heavy atom. The Morgan fingerprint density at radius 2 is 1.88 bits per heavy atom. The van der Waals surface area contributed by atoms with Gasteiger partial charge < -0.3 is 0 Å². The van der Waals surface area contributed by atoms with Gasteiger partial charge in [-0.05, 0) is 35.2 Å². The van der Waals surface area contributed by atoms with E-state index in [2.05, 4.69) is 15.9 Å². The number of hydrogen-bond acceptors (Lipinski definition) is 1. The van der Waals surface area contributed by atoms with Gasteiger partial charge in [0.2, 0.25) is 0 Å². The third kappa shape index (κ3) is 2.57. The Labute approximate surface area is 121 Å². The summed E-state index contributed by atoms with van der Waals surface area (Å²) < 4.78 is 0.949. The lowest BCUT2D eigenvalue weighted by Gasteiger charge is -2.11. The summed E-state index contributed by atoms with van der Waals surface area (Å²) in [6.45, 7) is 0. The third-order valence-corrected chi connectivity index (χ3v) is 4.95. The summed E-state index contributed by atoms with van der Waals surface area (Å²) in [7, 11) is 0. The highest BCUT2D eigenvalue weighted by Gasteiger charge is 2.18. The van der Waals surface area contributed by atoms with Crippen molar-refractivity contribution in [1.82, 2.24) is 0 Å². The first-order valence-corrected chi connectivity index (χ1v) is 7.28. The van der Waals surface area contributed by atoms with Crippen LogP contribution in [-0.2, 0) is 0 Å². The van der Waals surface area contributed by atoms with Gasteiger partial charge in [-0.3, -0.25) is 0 Å². The van der Waals surface area contributed by atoms with Gasteiger partial charge in [0.25, 0.3) is 0 Å². The van der Waals surface area contributed by atoms with Gasteiger partial charge in [0.05, 0.1) is 10.4 Å². The van der Waals surface area contributed by atoms with Crippen molar-refractivity contribution in [3.8, 4) is 0 Å². The van der Waals surface area contributed by atoms with Crippen LogP contribution in [0.2, 0.25) is 10.0 Å². The first kappa shape index (κ1) is 12.7. The second-order valence-electron chi connectivity index (χ2n) is 3.16. The molecule has 1 aromatic heterocycles. The molecule has 1 aromatic carbocycles. The topological polar surface area (TPSA) is 0 Å². The minimum atomic E-state index is -0.308. The van der Waals surface area contributed by atoms with Gasteiger partial charge in [0.15, 0.2) is 0 Å². The van der Waals surface area contributed by atoms with Gasteiger partial charge in [-0.2, -0.15) is 0 Å². The van der Waals surface area contributed by atoms with Crippen LogP contribution < -0.4 is 0 Å². The first-order valence-electron chi connectivity index (χ1n) is 4.41. The summed E-state index contributed by atoms with van der Waals surface area (Å²) >= 11 is 23.5. The lowest BCUT2D eigenvalue weighted by molar-refractivity contribution is 1.18. The molecule has 0 saturated carbocycles. The molecule has 0 nitrogen and oxygen atoms in total. The van der Waals surface area contributed by atoms with Crippen LogP contribution in [0.15, 0.2) is 34.1 Å². The zero-order valence-corrected chi connectivity index (χ0v) is 12.6. The van der Waals surface area contributed by atoms with Crippen molar-refractivity contribution in [2.75, 3.05) is 0 Å². The number of halogens is 4. The van der Waals surface area contributed by atoms with Crippen LogP contribution in [-0.4, -0.2) is 0 Å². The zero-order chi connectivity index (χ0) is 11.7. The average Bonchev–Trinajstić information content (AvgIpc) is 2.67. The smallest absolute Gasteiger partial charge is 0.0957 e. The Kier molecular flexibility index (Phi) is 4.20. The van der Waals surface area contributed by atoms with Crippen molar-refractivity contribution in [2.45, 2.75) is 5.38 Å². The lowest BCUT2D eigenvalue weighted by Crippen LogP contribution is -1.92. The van der Waals surface area contributed by atoms with E-state index in [4.69, 9.17) is 34.8 Å². The molecule has 0 amide bonds. The Bertz CT molecular complexity index is 510. The molecule has 0 aliphatic rings. The van der Waals surface area contributed by atoms with E-state index in [1.807, 2.05) is 29.6 Å². The molecular weight excluding hydrogens is 350 g/mol. The Morgan fingerprint density at radius 1 is 1.12 bits per heavy atom. The van der Waals surface area contributed by atoms with Gasteiger partial charge in [-0.15, -0.1) is 22.9 Å². The highest BCUT2D eigenvalue weighted by Crippen LogP contribution is 2.40. The van der Waals surface area contributed by atoms with Crippen LogP contribution in [0.4, 0.5) is 0 Å². The number of hydrogen-bond donors (Lipinski definition) is 0. The van der Waals surface area contributed by atoms with Gasteiger partial charge in [0, 0.05) is 14.4 Å². The summed E-state index contributed by atoms with van der Waals surface area (Å²) in [5, 5.41) is 2.94. The first-order chi connectivity index (χ1) is 7.59. The van der Waals surface area contributed by atoms with E-state index in [0.29, 0.717) is 10.0 Å². The van der Waals surface area contributed by atoms with Gasteiger partial charge in [-0.25, -0.2) is 0 Å². The summed E-state index contributed by atoms with van der Waals surface area (Å²) in [6.07, 6.45) is 0. The van der Waals surface area contributed by atoms with E-state index in [-0.39, 0.29) is 5.38 Å². The largest absolute Gasteiger partial charge is 0.145 e. The molecule has 1 atom stereocenters. The second-order valence-corrected chi connectivity index (χ2v) is 6.28. The average molecular weight is 356 g/mol. The van der Waals surface area contributed by atoms with Crippen molar-refractivity contribution in [3.63, 3.8) is 0 Å². The molecule has 0 spiro atoms. The van der Waals surface area contributed by atoms with Gasteiger partial charge in [0.1, 0.15) is 0 Å². The maximum absolute atomic E-state index is 6.38. The molecule has 2 rings (SSSR count).